The number of H-pyrrole nitrogens is 1. The van der Waals surface area contributed by atoms with E-state index >= 15 is 0 Å². The van der Waals surface area contributed by atoms with Crippen LogP contribution >= 0.6 is 0 Å². The van der Waals surface area contributed by atoms with Gasteiger partial charge in [0.05, 0.1) is 25.0 Å². The van der Waals surface area contributed by atoms with Crippen molar-refractivity contribution in [1.29, 1.82) is 0 Å². The van der Waals surface area contributed by atoms with Crippen molar-refractivity contribution in [3.8, 4) is 0 Å². The van der Waals surface area contributed by atoms with Gasteiger partial charge in [-0.3, -0.25) is 19.3 Å². The first kappa shape index (κ1) is 19.3. The summed E-state index contributed by atoms with van der Waals surface area (Å²) in [5, 5.41) is 3.07. The molecule has 3 amide bonds. The number of primary amides is 1. The van der Waals surface area contributed by atoms with Crippen molar-refractivity contribution in [2.45, 2.75) is 25.7 Å². The van der Waals surface area contributed by atoms with Gasteiger partial charge in [0.25, 0.3) is 5.91 Å². The number of imidazole rings is 1. The van der Waals surface area contributed by atoms with E-state index in [0.717, 1.165) is 32.2 Å². The van der Waals surface area contributed by atoms with Crippen molar-refractivity contribution in [2.75, 3.05) is 39.3 Å². The number of carbonyl (C=O) groups is 3. The van der Waals surface area contributed by atoms with Crippen molar-refractivity contribution in [3.05, 3.63) is 18.2 Å². The molecule has 9 heteroatoms. The largest absolute Gasteiger partial charge is 0.369 e. The SMILES string of the molecule is NC(=O)CN1CCCC(C(=O)NCC2CCN(C(=O)c3cnc[nH]3)CC2)C1. The molecule has 1 aromatic rings. The summed E-state index contributed by atoms with van der Waals surface area (Å²) in [6.07, 6.45) is 6.54. The third-order valence-electron chi connectivity index (χ3n) is 5.45. The Bertz CT molecular complexity index is 654. The maximum absolute atomic E-state index is 12.5. The minimum absolute atomic E-state index is 0.0215. The van der Waals surface area contributed by atoms with Crippen LogP contribution in [0.25, 0.3) is 0 Å². The van der Waals surface area contributed by atoms with Gasteiger partial charge in [0.2, 0.25) is 11.8 Å². The fourth-order valence-electron chi connectivity index (χ4n) is 3.91. The number of aromatic nitrogens is 2. The zero-order valence-electron chi connectivity index (χ0n) is 15.5. The Morgan fingerprint density at radius 2 is 2.00 bits per heavy atom. The zero-order chi connectivity index (χ0) is 19.2. The van der Waals surface area contributed by atoms with E-state index in [9.17, 15) is 14.4 Å². The highest BCUT2D eigenvalue weighted by molar-refractivity contribution is 5.92. The number of nitrogens with two attached hydrogens (primary N) is 1. The summed E-state index contributed by atoms with van der Waals surface area (Å²) < 4.78 is 0. The van der Waals surface area contributed by atoms with Gasteiger partial charge in [-0.1, -0.05) is 0 Å². The lowest BCUT2D eigenvalue weighted by atomic mass is 9.94. The summed E-state index contributed by atoms with van der Waals surface area (Å²) in [6, 6.07) is 0. The molecule has 1 unspecified atom stereocenters. The molecule has 3 rings (SSSR count). The molecule has 0 bridgehead atoms. The number of hydrogen-bond acceptors (Lipinski definition) is 5. The lowest BCUT2D eigenvalue weighted by Crippen LogP contribution is -2.47. The Labute approximate surface area is 158 Å². The first-order valence-corrected chi connectivity index (χ1v) is 9.59. The zero-order valence-corrected chi connectivity index (χ0v) is 15.5. The Balaban J connectivity index is 1.39. The van der Waals surface area contributed by atoms with Gasteiger partial charge in [-0.15, -0.1) is 0 Å². The molecule has 1 atom stereocenters. The number of rotatable bonds is 6. The van der Waals surface area contributed by atoms with E-state index in [1.54, 1.807) is 6.20 Å². The number of likely N-dealkylation sites (tertiary alicyclic amines) is 2. The monoisotopic (exact) mass is 376 g/mol. The van der Waals surface area contributed by atoms with Crippen LogP contribution in [0.5, 0.6) is 0 Å². The number of aromatic amines is 1. The van der Waals surface area contributed by atoms with Gasteiger partial charge < -0.3 is 20.9 Å². The number of nitrogens with one attached hydrogen (secondary N) is 2. The summed E-state index contributed by atoms with van der Waals surface area (Å²) in [4.78, 5) is 46.4. The highest BCUT2D eigenvalue weighted by atomic mass is 16.2. The van der Waals surface area contributed by atoms with Gasteiger partial charge in [-0.05, 0) is 38.1 Å². The molecule has 4 N–H and O–H groups in total. The Morgan fingerprint density at radius 3 is 2.67 bits per heavy atom. The van der Waals surface area contributed by atoms with Gasteiger partial charge >= 0.3 is 0 Å². The van der Waals surface area contributed by atoms with Crippen molar-refractivity contribution < 1.29 is 14.4 Å². The lowest BCUT2D eigenvalue weighted by molar-refractivity contribution is -0.128. The molecule has 27 heavy (non-hydrogen) atoms. The Morgan fingerprint density at radius 1 is 1.22 bits per heavy atom. The van der Waals surface area contributed by atoms with Crippen molar-refractivity contribution >= 4 is 17.7 Å². The molecule has 148 valence electrons. The van der Waals surface area contributed by atoms with E-state index in [4.69, 9.17) is 5.73 Å². The quantitative estimate of drug-likeness (QED) is 0.622. The van der Waals surface area contributed by atoms with Crippen LogP contribution in [0.2, 0.25) is 0 Å². The van der Waals surface area contributed by atoms with Crippen molar-refractivity contribution in [1.82, 2.24) is 25.1 Å². The smallest absolute Gasteiger partial charge is 0.271 e. The molecule has 0 aromatic carbocycles. The molecular formula is C18H28N6O3. The molecule has 0 spiro atoms. The van der Waals surface area contributed by atoms with E-state index in [0.29, 0.717) is 37.8 Å². The standard InChI is InChI=1S/C18H28N6O3/c19-16(25)11-23-5-1-2-14(10-23)17(26)21-8-13-3-6-24(7-4-13)18(27)15-9-20-12-22-15/h9,12-14H,1-8,10-11H2,(H2,19,25)(H,20,22)(H,21,26). The average molecular weight is 376 g/mol. The van der Waals surface area contributed by atoms with E-state index in [1.165, 1.54) is 6.33 Å². The topological polar surface area (TPSA) is 124 Å². The minimum atomic E-state index is -0.354. The van der Waals surface area contributed by atoms with Crippen LogP contribution in [-0.4, -0.2) is 76.8 Å². The molecule has 9 nitrogen and oxygen atoms in total. The number of nitrogens with zero attached hydrogens (tertiary/aromatic N) is 3. The number of carbonyl (C=O) groups excluding carboxylic acids is 3. The summed E-state index contributed by atoms with van der Waals surface area (Å²) in [5.74, 6) is -0.0235. The van der Waals surface area contributed by atoms with E-state index in [-0.39, 0.29) is 30.2 Å². The summed E-state index contributed by atoms with van der Waals surface area (Å²) in [6.45, 7) is 3.63. The van der Waals surface area contributed by atoms with Crippen LogP contribution in [0.3, 0.4) is 0 Å². The van der Waals surface area contributed by atoms with Gasteiger partial charge in [-0.25, -0.2) is 4.98 Å². The fraction of sp³-hybridized carbons (Fsp3) is 0.667. The summed E-state index contributed by atoms with van der Waals surface area (Å²) in [7, 11) is 0. The van der Waals surface area contributed by atoms with E-state index < -0.39 is 0 Å². The van der Waals surface area contributed by atoms with Gasteiger partial charge in [-0.2, -0.15) is 0 Å². The van der Waals surface area contributed by atoms with E-state index in [2.05, 4.69) is 15.3 Å². The highest BCUT2D eigenvalue weighted by Gasteiger charge is 2.28. The van der Waals surface area contributed by atoms with Crippen LogP contribution < -0.4 is 11.1 Å². The third-order valence-corrected chi connectivity index (χ3v) is 5.45. The first-order valence-electron chi connectivity index (χ1n) is 9.59. The third kappa shape index (κ3) is 5.29. The van der Waals surface area contributed by atoms with Crippen LogP contribution in [0.4, 0.5) is 0 Å². The molecule has 2 aliphatic rings. The molecule has 2 saturated heterocycles. The van der Waals surface area contributed by atoms with Gasteiger partial charge in [0.15, 0.2) is 0 Å². The van der Waals surface area contributed by atoms with Crippen LogP contribution in [-0.2, 0) is 9.59 Å². The summed E-state index contributed by atoms with van der Waals surface area (Å²) in [5.41, 5.74) is 5.76. The molecule has 2 aliphatic heterocycles. The fourth-order valence-corrected chi connectivity index (χ4v) is 3.91. The van der Waals surface area contributed by atoms with E-state index in [1.807, 2.05) is 9.80 Å². The molecular weight excluding hydrogens is 348 g/mol. The molecule has 0 saturated carbocycles. The Kier molecular flexibility index (Phi) is 6.44. The summed E-state index contributed by atoms with van der Waals surface area (Å²) >= 11 is 0. The lowest BCUT2D eigenvalue weighted by Gasteiger charge is -2.33. The maximum Gasteiger partial charge on any atom is 0.271 e. The van der Waals surface area contributed by atoms with Crippen LogP contribution in [0, 0.1) is 11.8 Å². The van der Waals surface area contributed by atoms with Gasteiger partial charge in [0, 0.05) is 26.2 Å². The predicted octanol–water partition coefficient (Wildman–Crippen LogP) is -0.425. The molecule has 2 fully saturated rings. The molecule has 0 radical (unpaired) electrons. The molecule has 3 heterocycles. The molecule has 0 aliphatic carbocycles. The van der Waals surface area contributed by atoms with Crippen LogP contribution in [0.1, 0.15) is 36.2 Å². The number of hydrogen-bond donors (Lipinski definition) is 3. The molecule has 1 aromatic heterocycles. The second kappa shape index (κ2) is 8.98. The second-order valence-corrected chi connectivity index (χ2v) is 7.49. The normalized spacial score (nSPS) is 21.8. The Hall–Kier alpha value is -2.42. The van der Waals surface area contributed by atoms with Crippen LogP contribution in [0.15, 0.2) is 12.5 Å². The van der Waals surface area contributed by atoms with Crippen molar-refractivity contribution in [3.63, 3.8) is 0 Å². The first-order chi connectivity index (χ1) is 13.0. The maximum atomic E-state index is 12.5. The second-order valence-electron chi connectivity index (χ2n) is 7.49. The number of amides is 3. The van der Waals surface area contributed by atoms with Crippen molar-refractivity contribution in [2.24, 2.45) is 17.6 Å². The minimum Gasteiger partial charge on any atom is -0.369 e. The van der Waals surface area contributed by atoms with Gasteiger partial charge in [0.1, 0.15) is 5.69 Å². The average Bonchev–Trinajstić information content (AvgIpc) is 3.20. The highest BCUT2D eigenvalue weighted by Crippen LogP contribution is 2.19. The predicted molar refractivity (Wildman–Crippen MR) is 98.6 cm³/mol. The number of piperidine rings is 2.